The lowest BCUT2D eigenvalue weighted by Crippen LogP contribution is -1.90. The van der Waals surface area contributed by atoms with Gasteiger partial charge in [0, 0.05) is 35.5 Å². The van der Waals surface area contributed by atoms with E-state index in [9.17, 15) is 10.2 Å². The van der Waals surface area contributed by atoms with Crippen molar-refractivity contribution in [1.82, 2.24) is 0 Å². The fourth-order valence-corrected chi connectivity index (χ4v) is 2.25. The topological polar surface area (TPSA) is 52.5 Å². The smallest absolute Gasteiger partial charge is 0.125 e. The zero-order chi connectivity index (χ0) is 14.4. The molecule has 0 atom stereocenters. The standard InChI is InChI=1S/C12H11NO2.C2H6.CH3Cl/c14-10-3-1-2-8-11(15)6-9-7(12(8)10)4-5-13-9;2*1-2/h1-3,6,13-15H,4-5H2;1-2H3;1H3. The van der Waals surface area contributed by atoms with Gasteiger partial charge in [-0.05, 0) is 18.1 Å². The van der Waals surface area contributed by atoms with Gasteiger partial charge >= 0.3 is 0 Å². The zero-order valence-electron chi connectivity index (χ0n) is 11.5. The van der Waals surface area contributed by atoms with Gasteiger partial charge in [-0.25, -0.2) is 0 Å². The van der Waals surface area contributed by atoms with Crippen LogP contribution in [0, 0.1) is 0 Å². The number of nitrogens with one attached hydrogen (secondary N) is 1. The molecule has 19 heavy (non-hydrogen) atoms. The van der Waals surface area contributed by atoms with Crippen molar-refractivity contribution in [2.45, 2.75) is 20.3 Å². The molecular weight excluding hydrogens is 262 g/mol. The molecule has 1 aliphatic heterocycles. The summed E-state index contributed by atoms with van der Waals surface area (Å²) in [5.74, 6) is 0.456. The van der Waals surface area contributed by atoms with Crippen LogP contribution in [0.5, 0.6) is 11.5 Å². The fourth-order valence-electron chi connectivity index (χ4n) is 2.25. The molecule has 104 valence electrons. The molecule has 3 rings (SSSR count). The number of hydrogen-bond donors (Lipinski definition) is 3. The maximum absolute atomic E-state index is 9.82. The Hall–Kier alpha value is -1.61. The first-order valence-electron chi connectivity index (χ1n) is 6.35. The summed E-state index contributed by atoms with van der Waals surface area (Å²) in [5, 5.41) is 24.3. The molecule has 4 heteroatoms. The van der Waals surface area contributed by atoms with Crippen molar-refractivity contribution < 1.29 is 10.2 Å². The predicted octanol–water partition coefficient (Wildman–Crippen LogP) is 4.10. The lowest BCUT2D eigenvalue weighted by atomic mass is 10.0. The van der Waals surface area contributed by atoms with Gasteiger partial charge in [0.15, 0.2) is 0 Å². The van der Waals surface area contributed by atoms with E-state index in [1.165, 1.54) is 6.38 Å². The Morgan fingerprint density at radius 1 is 1.11 bits per heavy atom. The number of fused-ring (bicyclic) bond motifs is 3. The van der Waals surface area contributed by atoms with Crippen LogP contribution in [-0.2, 0) is 6.42 Å². The lowest BCUT2D eigenvalue weighted by molar-refractivity contribution is 0.475. The van der Waals surface area contributed by atoms with E-state index in [0.29, 0.717) is 0 Å². The van der Waals surface area contributed by atoms with Crippen LogP contribution in [0.4, 0.5) is 5.69 Å². The minimum absolute atomic E-state index is 0.217. The summed E-state index contributed by atoms with van der Waals surface area (Å²) in [6, 6.07) is 6.94. The van der Waals surface area contributed by atoms with E-state index in [-0.39, 0.29) is 11.5 Å². The van der Waals surface area contributed by atoms with E-state index >= 15 is 0 Å². The molecule has 0 saturated carbocycles. The Labute approximate surface area is 118 Å². The summed E-state index contributed by atoms with van der Waals surface area (Å²) in [6.45, 7) is 4.86. The van der Waals surface area contributed by atoms with Gasteiger partial charge in [0.05, 0.1) is 0 Å². The Morgan fingerprint density at radius 3 is 2.47 bits per heavy atom. The molecule has 0 fully saturated rings. The highest BCUT2D eigenvalue weighted by atomic mass is 35.5. The van der Waals surface area contributed by atoms with Crippen molar-refractivity contribution in [2.75, 3.05) is 18.2 Å². The number of phenols is 2. The molecule has 0 unspecified atom stereocenters. The third-order valence-electron chi connectivity index (χ3n) is 2.92. The second kappa shape index (κ2) is 7.10. The largest absolute Gasteiger partial charge is 0.507 e. The molecule has 3 N–H and O–H groups in total. The van der Waals surface area contributed by atoms with Crippen LogP contribution in [0.2, 0.25) is 0 Å². The van der Waals surface area contributed by atoms with Crippen molar-refractivity contribution in [3.8, 4) is 11.5 Å². The molecule has 0 aromatic heterocycles. The van der Waals surface area contributed by atoms with Crippen LogP contribution in [0.15, 0.2) is 24.3 Å². The molecule has 0 saturated heterocycles. The SMILES string of the molecule is CC.CCl.Oc1cc2c(c3c(O)cccc13)CCN2. The number of benzene rings is 2. The van der Waals surface area contributed by atoms with Gasteiger partial charge < -0.3 is 15.5 Å². The quantitative estimate of drug-likeness (QED) is 0.637. The highest BCUT2D eigenvalue weighted by Crippen LogP contribution is 2.40. The van der Waals surface area contributed by atoms with E-state index < -0.39 is 0 Å². The van der Waals surface area contributed by atoms with Gasteiger partial charge in [0.1, 0.15) is 11.5 Å². The van der Waals surface area contributed by atoms with Gasteiger partial charge in [-0.2, -0.15) is 0 Å². The monoisotopic (exact) mass is 281 g/mol. The van der Waals surface area contributed by atoms with Gasteiger partial charge in [-0.3, -0.25) is 0 Å². The Balaban J connectivity index is 0.000000415. The van der Waals surface area contributed by atoms with Crippen LogP contribution in [0.1, 0.15) is 19.4 Å². The number of phenolic OH excluding ortho intramolecular Hbond substituents is 2. The normalized spacial score (nSPS) is 11.6. The number of rotatable bonds is 0. The fraction of sp³-hybridized carbons (Fsp3) is 0.333. The maximum atomic E-state index is 9.82. The molecule has 0 aliphatic carbocycles. The number of anilines is 1. The average molecular weight is 282 g/mol. The number of alkyl halides is 1. The van der Waals surface area contributed by atoms with Crippen molar-refractivity contribution in [1.29, 1.82) is 0 Å². The maximum Gasteiger partial charge on any atom is 0.125 e. The molecule has 0 amide bonds. The average Bonchev–Trinajstić information content (AvgIpc) is 2.91. The molecule has 2 aromatic carbocycles. The van der Waals surface area contributed by atoms with Crippen LogP contribution in [0.3, 0.4) is 0 Å². The van der Waals surface area contributed by atoms with Crippen LogP contribution in [0.25, 0.3) is 10.8 Å². The summed E-state index contributed by atoms with van der Waals surface area (Å²) in [6.07, 6.45) is 2.36. The minimum atomic E-state index is 0.217. The number of halogens is 1. The van der Waals surface area contributed by atoms with Crippen LogP contribution < -0.4 is 5.32 Å². The first-order chi connectivity index (χ1) is 9.27. The van der Waals surface area contributed by atoms with Crippen molar-refractivity contribution >= 4 is 28.1 Å². The molecule has 1 aliphatic rings. The zero-order valence-corrected chi connectivity index (χ0v) is 12.3. The van der Waals surface area contributed by atoms with Gasteiger partial charge in [-0.1, -0.05) is 26.0 Å². The first kappa shape index (κ1) is 15.4. The van der Waals surface area contributed by atoms with Crippen LogP contribution in [-0.4, -0.2) is 23.1 Å². The summed E-state index contributed by atoms with van der Waals surface area (Å²) in [5.41, 5.74) is 2.03. The third-order valence-corrected chi connectivity index (χ3v) is 2.92. The van der Waals surface area contributed by atoms with E-state index in [1.54, 1.807) is 18.2 Å². The van der Waals surface area contributed by atoms with Crippen molar-refractivity contribution in [2.24, 2.45) is 0 Å². The summed E-state index contributed by atoms with van der Waals surface area (Å²) < 4.78 is 0. The molecule has 0 bridgehead atoms. The second-order valence-electron chi connectivity index (χ2n) is 3.80. The highest BCUT2D eigenvalue weighted by Gasteiger charge is 2.18. The Bertz CT molecular complexity index is 555. The number of aromatic hydroxyl groups is 2. The molecule has 0 radical (unpaired) electrons. The molecule has 0 spiro atoms. The number of hydrogen-bond acceptors (Lipinski definition) is 3. The molecular formula is C15H20ClNO2. The summed E-state index contributed by atoms with van der Waals surface area (Å²) >= 11 is 4.64. The van der Waals surface area contributed by atoms with E-state index in [0.717, 1.165) is 35.0 Å². The third kappa shape index (κ3) is 2.87. The van der Waals surface area contributed by atoms with Crippen molar-refractivity contribution in [3.63, 3.8) is 0 Å². The molecule has 1 heterocycles. The molecule has 2 aromatic rings. The summed E-state index contributed by atoms with van der Waals surface area (Å²) in [7, 11) is 0. The Kier molecular flexibility index (Phi) is 5.77. The van der Waals surface area contributed by atoms with E-state index in [2.05, 4.69) is 16.9 Å². The van der Waals surface area contributed by atoms with Gasteiger partial charge in [0.25, 0.3) is 0 Å². The van der Waals surface area contributed by atoms with Gasteiger partial charge in [-0.15, -0.1) is 11.6 Å². The van der Waals surface area contributed by atoms with E-state index in [4.69, 9.17) is 0 Å². The van der Waals surface area contributed by atoms with Crippen molar-refractivity contribution in [3.05, 3.63) is 29.8 Å². The highest BCUT2D eigenvalue weighted by molar-refractivity contribution is 6.15. The molecule has 3 nitrogen and oxygen atoms in total. The summed E-state index contributed by atoms with van der Waals surface area (Å²) in [4.78, 5) is 0. The Morgan fingerprint density at radius 2 is 1.79 bits per heavy atom. The lowest BCUT2D eigenvalue weighted by Gasteiger charge is -2.08. The van der Waals surface area contributed by atoms with Crippen LogP contribution >= 0.6 is 11.6 Å². The first-order valence-corrected chi connectivity index (χ1v) is 7.11. The minimum Gasteiger partial charge on any atom is -0.507 e. The van der Waals surface area contributed by atoms with Gasteiger partial charge in [0.2, 0.25) is 0 Å². The van der Waals surface area contributed by atoms with E-state index in [1.807, 2.05) is 19.9 Å². The predicted molar refractivity (Wildman–Crippen MR) is 82.6 cm³/mol. The second-order valence-corrected chi connectivity index (χ2v) is 3.80.